The van der Waals surface area contributed by atoms with Gasteiger partial charge in [0.15, 0.2) is 11.6 Å². The first-order valence-electron chi connectivity index (χ1n) is 10.8. The number of aromatic nitrogens is 2. The van der Waals surface area contributed by atoms with Gasteiger partial charge in [-0.3, -0.25) is 14.2 Å². The van der Waals surface area contributed by atoms with Crippen LogP contribution in [0.2, 0.25) is 0 Å². The number of fused-ring (bicyclic) bond motifs is 1. The molecule has 0 radical (unpaired) electrons. The average molecular weight is 512 g/mol. The Hall–Kier alpha value is -4.09. The van der Waals surface area contributed by atoms with Crippen LogP contribution in [0.15, 0.2) is 52.6 Å². The molecule has 2 heterocycles. The van der Waals surface area contributed by atoms with Crippen molar-refractivity contribution in [2.45, 2.75) is 19.8 Å². The number of halogens is 1. The van der Waals surface area contributed by atoms with Crippen molar-refractivity contribution < 1.29 is 28.6 Å². The molecule has 0 saturated heterocycles. The summed E-state index contributed by atoms with van der Waals surface area (Å²) in [6.45, 7) is 0.482. The van der Waals surface area contributed by atoms with Crippen LogP contribution in [0.4, 0.5) is 4.39 Å². The smallest absolute Gasteiger partial charge is 0.335 e. The minimum atomic E-state index is -1.00. The molecule has 2 aromatic carbocycles. The van der Waals surface area contributed by atoms with Crippen LogP contribution in [-0.4, -0.2) is 33.6 Å². The highest BCUT2D eigenvalue weighted by atomic mass is 32.1. The number of aromatic carboxylic acids is 1. The summed E-state index contributed by atoms with van der Waals surface area (Å²) >= 11 is 1.23. The summed E-state index contributed by atoms with van der Waals surface area (Å²) in [5.41, 5.74) is 1.88. The van der Waals surface area contributed by atoms with Crippen LogP contribution >= 0.6 is 11.3 Å². The summed E-state index contributed by atoms with van der Waals surface area (Å²) < 4.78 is 25.5. The summed E-state index contributed by atoms with van der Waals surface area (Å²) in [4.78, 5) is 41.6. The molecule has 0 unspecified atom stereocenters. The molecule has 36 heavy (non-hydrogen) atoms. The first-order valence-corrected chi connectivity index (χ1v) is 11.6. The maximum absolute atomic E-state index is 13.6. The Labute approximate surface area is 208 Å². The van der Waals surface area contributed by atoms with Gasteiger partial charge in [-0.15, -0.1) is 11.3 Å². The number of nitrogens with one attached hydrogen (secondary N) is 1. The van der Waals surface area contributed by atoms with Crippen molar-refractivity contribution >= 4 is 33.4 Å². The minimum Gasteiger partial charge on any atom is -0.494 e. The highest BCUT2D eigenvalue weighted by Gasteiger charge is 2.19. The third-order valence-corrected chi connectivity index (χ3v) is 6.41. The van der Waals surface area contributed by atoms with Crippen molar-refractivity contribution in [3.63, 3.8) is 0 Å². The molecule has 1 amide bonds. The van der Waals surface area contributed by atoms with E-state index in [1.165, 1.54) is 60.4 Å². The van der Waals surface area contributed by atoms with E-state index in [-0.39, 0.29) is 42.5 Å². The molecule has 0 fully saturated rings. The first kappa shape index (κ1) is 25.0. The zero-order valence-corrected chi connectivity index (χ0v) is 20.2. The molecule has 4 rings (SSSR count). The molecule has 0 aliphatic heterocycles. The lowest BCUT2D eigenvalue weighted by molar-refractivity contribution is 0.0696. The number of ether oxygens (including phenoxy) is 2. The number of nitrogens with zero attached hydrogens (tertiary/aromatic N) is 2. The predicted molar refractivity (Wildman–Crippen MR) is 131 cm³/mol. The van der Waals surface area contributed by atoms with Crippen LogP contribution in [0, 0.1) is 5.82 Å². The molecule has 2 aromatic heterocycles. The lowest BCUT2D eigenvalue weighted by Crippen LogP contribution is -2.32. The van der Waals surface area contributed by atoms with E-state index in [2.05, 4.69) is 10.3 Å². The Morgan fingerprint density at radius 1 is 1.14 bits per heavy atom. The number of carbonyl (C=O) groups is 2. The zero-order valence-electron chi connectivity index (χ0n) is 19.4. The highest BCUT2D eigenvalue weighted by Crippen LogP contribution is 2.23. The molecule has 0 saturated carbocycles. The number of hydrogen-bond acceptors (Lipinski definition) is 7. The molecule has 0 spiro atoms. The summed E-state index contributed by atoms with van der Waals surface area (Å²) in [5, 5.41) is 13.8. The summed E-state index contributed by atoms with van der Waals surface area (Å²) in [6.07, 6.45) is 0. The number of methoxy groups -OCH3 is 1. The predicted octanol–water partition coefficient (Wildman–Crippen LogP) is 3.49. The quantitative estimate of drug-likeness (QED) is 0.353. The van der Waals surface area contributed by atoms with Crippen molar-refractivity contribution in [3.05, 3.63) is 92.1 Å². The molecule has 4 aromatic rings. The lowest BCUT2D eigenvalue weighted by Gasteiger charge is -2.10. The number of hydrogen-bond donors (Lipinski definition) is 2. The first-order chi connectivity index (χ1) is 17.3. The summed E-state index contributed by atoms with van der Waals surface area (Å²) in [7, 11) is 2.82. The van der Waals surface area contributed by atoms with Gasteiger partial charge < -0.3 is 19.9 Å². The number of carboxylic acid groups (broad SMARTS) is 1. The van der Waals surface area contributed by atoms with Gasteiger partial charge in [0.2, 0.25) is 5.82 Å². The summed E-state index contributed by atoms with van der Waals surface area (Å²) in [6, 6.07) is 10.6. The van der Waals surface area contributed by atoms with E-state index in [0.29, 0.717) is 21.3 Å². The number of carboxylic acids is 1. The maximum atomic E-state index is 13.6. The van der Waals surface area contributed by atoms with Crippen LogP contribution in [0.3, 0.4) is 0 Å². The second kappa shape index (κ2) is 10.7. The molecule has 186 valence electrons. The molecule has 0 atom stereocenters. The summed E-state index contributed by atoms with van der Waals surface area (Å²) in [5.74, 6) is -2.03. The third-order valence-electron chi connectivity index (χ3n) is 5.49. The van der Waals surface area contributed by atoms with E-state index in [1.54, 1.807) is 17.5 Å². The molecular weight excluding hydrogens is 489 g/mol. The Morgan fingerprint density at radius 3 is 2.56 bits per heavy atom. The van der Waals surface area contributed by atoms with E-state index >= 15 is 0 Å². The van der Waals surface area contributed by atoms with E-state index < -0.39 is 17.7 Å². The topological polar surface area (TPSA) is 120 Å². The zero-order chi connectivity index (χ0) is 25.8. The molecule has 9 nitrogen and oxygen atoms in total. The molecule has 0 aliphatic carbocycles. The van der Waals surface area contributed by atoms with Crippen LogP contribution in [0.25, 0.3) is 10.2 Å². The molecule has 0 bridgehead atoms. The number of rotatable bonds is 9. The van der Waals surface area contributed by atoms with E-state index in [9.17, 15) is 18.8 Å². The Morgan fingerprint density at radius 2 is 1.86 bits per heavy atom. The standard InChI is InChI=1S/C25H22FN3O6S/c1-29-21(22(30)27-10-15-5-8-18(26)19(9-15)34-2)28-23-20(24(29)31)17(13-36-23)12-35-11-14-3-6-16(7-4-14)25(32)33/h3-9,13H,10-12H2,1-2H3,(H,27,30)(H,32,33). The van der Waals surface area contributed by atoms with Crippen molar-refractivity contribution in [2.24, 2.45) is 7.05 Å². The highest BCUT2D eigenvalue weighted by molar-refractivity contribution is 7.16. The van der Waals surface area contributed by atoms with Crippen molar-refractivity contribution in [3.8, 4) is 5.75 Å². The van der Waals surface area contributed by atoms with Crippen LogP contribution in [-0.2, 0) is 31.5 Å². The lowest BCUT2D eigenvalue weighted by atomic mass is 10.1. The van der Waals surface area contributed by atoms with Crippen LogP contribution in [0.5, 0.6) is 5.75 Å². The normalized spacial score (nSPS) is 11.0. The maximum Gasteiger partial charge on any atom is 0.335 e. The van der Waals surface area contributed by atoms with Gasteiger partial charge in [0.05, 0.1) is 31.3 Å². The Balaban J connectivity index is 1.45. The Bertz CT molecular complexity index is 1500. The fraction of sp³-hybridized carbons (Fsp3) is 0.200. The monoisotopic (exact) mass is 511 g/mol. The number of benzene rings is 2. The van der Waals surface area contributed by atoms with Crippen molar-refractivity contribution in [1.29, 1.82) is 0 Å². The SMILES string of the molecule is COc1cc(CNC(=O)c2nc3scc(COCc4ccc(C(=O)O)cc4)c3c(=O)n2C)ccc1F. The number of carbonyl (C=O) groups excluding carboxylic acids is 1. The van der Waals surface area contributed by atoms with Crippen molar-refractivity contribution in [1.82, 2.24) is 14.9 Å². The minimum absolute atomic E-state index is 0.0468. The fourth-order valence-electron chi connectivity index (χ4n) is 3.54. The van der Waals surface area contributed by atoms with Gasteiger partial charge in [0, 0.05) is 19.2 Å². The van der Waals surface area contributed by atoms with Crippen LogP contribution < -0.4 is 15.6 Å². The van der Waals surface area contributed by atoms with Gasteiger partial charge >= 0.3 is 5.97 Å². The average Bonchev–Trinajstić information content (AvgIpc) is 3.28. The molecule has 2 N–H and O–H groups in total. The Kier molecular flexibility index (Phi) is 7.41. The second-order valence-corrected chi connectivity index (χ2v) is 8.75. The van der Waals surface area contributed by atoms with Gasteiger partial charge in [-0.05, 0) is 40.8 Å². The fourth-order valence-corrected chi connectivity index (χ4v) is 4.45. The van der Waals surface area contributed by atoms with Crippen LogP contribution in [0.1, 0.15) is 37.7 Å². The largest absolute Gasteiger partial charge is 0.494 e. The number of amides is 1. The second-order valence-electron chi connectivity index (χ2n) is 7.89. The van der Waals surface area contributed by atoms with Gasteiger partial charge in [0.1, 0.15) is 4.83 Å². The third kappa shape index (κ3) is 5.26. The number of thiophene rings is 1. The van der Waals surface area contributed by atoms with Gasteiger partial charge in [-0.1, -0.05) is 18.2 Å². The van der Waals surface area contributed by atoms with E-state index in [4.69, 9.17) is 14.6 Å². The van der Waals surface area contributed by atoms with Gasteiger partial charge in [-0.2, -0.15) is 0 Å². The molecular formula is C25H22FN3O6S. The van der Waals surface area contributed by atoms with Gasteiger partial charge in [0.25, 0.3) is 11.5 Å². The van der Waals surface area contributed by atoms with Gasteiger partial charge in [-0.25, -0.2) is 14.2 Å². The molecule has 11 heteroatoms. The van der Waals surface area contributed by atoms with E-state index in [1.807, 2.05) is 0 Å². The molecule has 0 aliphatic rings. The van der Waals surface area contributed by atoms with Crippen molar-refractivity contribution in [2.75, 3.05) is 7.11 Å². The van der Waals surface area contributed by atoms with E-state index in [0.717, 1.165) is 5.56 Å².